The average molecular weight is 435 g/mol. The zero-order valence-electron chi connectivity index (χ0n) is 16.1. The maximum Gasteiger partial charge on any atom is 0.573 e. The van der Waals surface area contributed by atoms with Gasteiger partial charge >= 0.3 is 6.36 Å². The number of halogens is 3. The van der Waals surface area contributed by atoms with Crippen LogP contribution in [0.4, 0.5) is 13.2 Å². The highest BCUT2D eigenvalue weighted by atomic mass is 32.1. The summed E-state index contributed by atoms with van der Waals surface area (Å²) >= 11 is 1.43. The summed E-state index contributed by atoms with van der Waals surface area (Å²) < 4.78 is 41.9. The first-order valence-electron chi connectivity index (χ1n) is 9.08. The lowest BCUT2D eigenvalue weighted by molar-refractivity contribution is -0.275. The minimum atomic E-state index is -4.78. The van der Waals surface area contributed by atoms with Crippen molar-refractivity contribution in [2.45, 2.75) is 18.9 Å². The minimum Gasteiger partial charge on any atom is -0.405 e. The zero-order chi connectivity index (χ0) is 21.6. The van der Waals surface area contributed by atoms with Crippen molar-refractivity contribution in [3.63, 3.8) is 0 Å². The van der Waals surface area contributed by atoms with Crippen molar-refractivity contribution in [1.82, 2.24) is 15.2 Å². The summed E-state index contributed by atoms with van der Waals surface area (Å²) in [7, 11) is 1.66. The van der Waals surface area contributed by atoms with Crippen LogP contribution in [0.3, 0.4) is 0 Å². The normalized spacial score (nSPS) is 12.6. The SMILES string of the molecule is CN(CC(=O)NC(c1ccccc1)c1nccs1)Cc1ccccc1OC(F)(F)F. The smallest absolute Gasteiger partial charge is 0.405 e. The van der Waals surface area contributed by atoms with Gasteiger partial charge in [-0.05, 0) is 18.7 Å². The monoisotopic (exact) mass is 435 g/mol. The number of hydrogen-bond donors (Lipinski definition) is 1. The Morgan fingerprint density at radius 1 is 1.17 bits per heavy atom. The van der Waals surface area contributed by atoms with Crippen LogP contribution in [-0.2, 0) is 11.3 Å². The molecule has 30 heavy (non-hydrogen) atoms. The van der Waals surface area contributed by atoms with E-state index < -0.39 is 12.4 Å². The fraction of sp³-hybridized carbons (Fsp3) is 0.238. The maximum absolute atomic E-state index is 12.6. The number of nitrogens with zero attached hydrogens (tertiary/aromatic N) is 2. The molecule has 0 radical (unpaired) electrons. The van der Waals surface area contributed by atoms with Gasteiger partial charge < -0.3 is 10.1 Å². The standard InChI is InChI=1S/C21H20F3N3O2S/c1-27(13-16-9-5-6-10-17(16)29-21(22,23)24)14-18(28)26-19(20-25-11-12-30-20)15-7-3-2-4-8-15/h2-12,19H,13-14H2,1H3,(H,26,28). The van der Waals surface area contributed by atoms with E-state index in [-0.39, 0.29) is 24.7 Å². The molecule has 1 unspecified atom stereocenters. The number of alkyl halides is 3. The molecular formula is C21H20F3N3O2S. The lowest BCUT2D eigenvalue weighted by atomic mass is 10.1. The maximum atomic E-state index is 12.6. The summed E-state index contributed by atoms with van der Waals surface area (Å²) in [5.41, 5.74) is 1.23. The van der Waals surface area contributed by atoms with Crippen LogP contribution in [0.2, 0.25) is 0 Å². The Morgan fingerprint density at radius 3 is 2.53 bits per heavy atom. The Bertz CT molecular complexity index is 950. The van der Waals surface area contributed by atoms with Crippen LogP contribution < -0.4 is 10.1 Å². The average Bonchev–Trinajstić information content (AvgIpc) is 3.21. The van der Waals surface area contributed by atoms with E-state index in [0.717, 1.165) is 10.6 Å². The first kappa shape index (κ1) is 21.8. The van der Waals surface area contributed by atoms with E-state index in [1.54, 1.807) is 24.2 Å². The van der Waals surface area contributed by atoms with Gasteiger partial charge in [-0.2, -0.15) is 0 Å². The third kappa shape index (κ3) is 6.30. The van der Waals surface area contributed by atoms with Gasteiger partial charge in [0.1, 0.15) is 16.8 Å². The molecule has 0 aliphatic heterocycles. The van der Waals surface area contributed by atoms with Crippen molar-refractivity contribution in [1.29, 1.82) is 0 Å². The van der Waals surface area contributed by atoms with Crippen molar-refractivity contribution in [2.24, 2.45) is 0 Å². The van der Waals surface area contributed by atoms with Gasteiger partial charge in [0.2, 0.25) is 5.91 Å². The number of carbonyl (C=O) groups excluding carboxylic acids is 1. The van der Waals surface area contributed by atoms with E-state index in [1.165, 1.54) is 29.5 Å². The highest BCUT2D eigenvalue weighted by molar-refractivity contribution is 7.09. The number of carbonyl (C=O) groups is 1. The van der Waals surface area contributed by atoms with Gasteiger partial charge in [0.05, 0.1) is 6.54 Å². The number of rotatable bonds is 8. The first-order chi connectivity index (χ1) is 14.3. The van der Waals surface area contributed by atoms with Crippen LogP contribution in [0.5, 0.6) is 5.75 Å². The molecule has 9 heteroatoms. The zero-order valence-corrected chi connectivity index (χ0v) is 16.9. The molecule has 0 saturated heterocycles. The second-order valence-corrected chi connectivity index (χ2v) is 7.54. The molecule has 1 N–H and O–H groups in total. The van der Waals surface area contributed by atoms with Gasteiger partial charge in [0.15, 0.2) is 0 Å². The number of ether oxygens (including phenoxy) is 1. The molecule has 0 bridgehead atoms. The van der Waals surface area contributed by atoms with Crippen molar-refractivity contribution < 1.29 is 22.7 Å². The van der Waals surface area contributed by atoms with Gasteiger partial charge in [-0.3, -0.25) is 9.69 Å². The third-order valence-corrected chi connectivity index (χ3v) is 5.03. The van der Waals surface area contributed by atoms with Gasteiger partial charge in [-0.15, -0.1) is 24.5 Å². The Labute approximate surface area is 176 Å². The first-order valence-corrected chi connectivity index (χ1v) is 9.95. The quantitative estimate of drug-likeness (QED) is 0.571. The van der Waals surface area contributed by atoms with Crippen LogP contribution in [-0.4, -0.2) is 35.7 Å². The number of aromatic nitrogens is 1. The second-order valence-electron chi connectivity index (χ2n) is 6.61. The lowest BCUT2D eigenvalue weighted by Crippen LogP contribution is -2.37. The highest BCUT2D eigenvalue weighted by Gasteiger charge is 2.32. The molecule has 5 nitrogen and oxygen atoms in total. The minimum absolute atomic E-state index is 0.00490. The number of thiazole rings is 1. The molecule has 1 aromatic heterocycles. The van der Waals surface area contributed by atoms with Gasteiger partial charge in [0.25, 0.3) is 0 Å². The number of hydrogen-bond acceptors (Lipinski definition) is 5. The van der Waals surface area contributed by atoms with E-state index in [9.17, 15) is 18.0 Å². The van der Waals surface area contributed by atoms with Crippen LogP contribution in [0, 0.1) is 0 Å². The molecular weight excluding hydrogens is 415 g/mol. The Morgan fingerprint density at radius 2 is 1.87 bits per heavy atom. The van der Waals surface area contributed by atoms with E-state index in [1.807, 2.05) is 35.7 Å². The molecule has 3 aromatic rings. The number of para-hydroxylation sites is 1. The van der Waals surface area contributed by atoms with E-state index in [4.69, 9.17) is 0 Å². The van der Waals surface area contributed by atoms with E-state index in [0.29, 0.717) is 5.56 Å². The molecule has 0 aliphatic rings. The molecule has 158 valence electrons. The molecule has 0 fully saturated rings. The van der Waals surface area contributed by atoms with E-state index >= 15 is 0 Å². The van der Waals surface area contributed by atoms with Gasteiger partial charge in [0, 0.05) is 23.7 Å². The van der Waals surface area contributed by atoms with Gasteiger partial charge in [-0.25, -0.2) is 4.98 Å². The molecule has 0 aliphatic carbocycles. The number of benzene rings is 2. The molecule has 1 atom stereocenters. The summed E-state index contributed by atoms with van der Waals surface area (Å²) in [4.78, 5) is 18.6. The number of amides is 1. The topological polar surface area (TPSA) is 54.5 Å². The Kier molecular flexibility index (Phi) is 7.07. The van der Waals surface area contributed by atoms with Crippen molar-refractivity contribution >= 4 is 17.2 Å². The fourth-order valence-electron chi connectivity index (χ4n) is 2.97. The number of likely N-dealkylation sites (N-methyl/N-ethyl adjacent to an activating group) is 1. The Balaban J connectivity index is 1.66. The van der Waals surface area contributed by atoms with Crippen molar-refractivity contribution in [3.8, 4) is 5.75 Å². The molecule has 1 heterocycles. The van der Waals surface area contributed by atoms with Crippen LogP contribution in [0.1, 0.15) is 22.2 Å². The lowest BCUT2D eigenvalue weighted by Gasteiger charge is -2.21. The third-order valence-electron chi connectivity index (χ3n) is 4.19. The fourth-order valence-corrected chi connectivity index (χ4v) is 3.68. The predicted molar refractivity (Wildman–Crippen MR) is 108 cm³/mol. The van der Waals surface area contributed by atoms with Gasteiger partial charge in [-0.1, -0.05) is 48.5 Å². The van der Waals surface area contributed by atoms with Crippen LogP contribution in [0.15, 0.2) is 66.2 Å². The largest absolute Gasteiger partial charge is 0.573 e. The molecule has 2 aromatic carbocycles. The summed E-state index contributed by atoms with van der Waals surface area (Å²) in [6.45, 7) is 0.113. The molecule has 1 amide bonds. The molecule has 0 saturated carbocycles. The second kappa shape index (κ2) is 9.73. The summed E-state index contributed by atoms with van der Waals surface area (Å²) in [5.74, 6) is -0.544. The summed E-state index contributed by atoms with van der Waals surface area (Å²) in [5, 5.41) is 5.55. The van der Waals surface area contributed by atoms with Crippen molar-refractivity contribution in [3.05, 3.63) is 82.3 Å². The highest BCUT2D eigenvalue weighted by Crippen LogP contribution is 2.27. The number of nitrogens with one attached hydrogen (secondary N) is 1. The van der Waals surface area contributed by atoms with Crippen LogP contribution >= 0.6 is 11.3 Å². The summed E-state index contributed by atoms with van der Waals surface area (Å²) in [6.07, 6.45) is -3.10. The van der Waals surface area contributed by atoms with Crippen LogP contribution in [0.25, 0.3) is 0 Å². The predicted octanol–water partition coefficient (Wildman–Crippen LogP) is 4.38. The molecule has 0 spiro atoms. The Hall–Kier alpha value is -2.91. The summed E-state index contributed by atoms with van der Waals surface area (Å²) in [6, 6.07) is 14.9. The van der Waals surface area contributed by atoms with E-state index in [2.05, 4.69) is 15.0 Å². The van der Waals surface area contributed by atoms with Crippen molar-refractivity contribution in [2.75, 3.05) is 13.6 Å². The molecule has 3 rings (SSSR count).